The summed E-state index contributed by atoms with van der Waals surface area (Å²) in [5.41, 5.74) is 4.26. The summed E-state index contributed by atoms with van der Waals surface area (Å²) in [6, 6.07) is 10.1. The highest BCUT2D eigenvalue weighted by atomic mass is 16.2. The molecule has 0 spiro atoms. The van der Waals surface area contributed by atoms with Gasteiger partial charge in [-0.3, -0.25) is 14.3 Å². The fraction of sp³-hybridized carbons (Fsp3) is 0.542. The van der Waals surface area contributed by atoms with Crippen molar-refractivity contribution in [3.8, 4) is 0 Å². The van der Waals surface area contributed by atoms with E-state index < -0.39 is 0 Å². The molecule has 1 aliphatic heterocycles. The third-order valence-corrected chi connectivity index (χ3v) is 6.08. The molecule has 1 fully saturated rings. The van der Waals surface area contributed by atoms with Gasteiger partial charge in [0.2, 0.25) is 11.8 Å². The topological polar surface area (TPSA) is 67.2 Å². The second kappa shape index (κ2) is 9.45. The van der Waals surface area contributed by atoms with Crippen molar-refractivity contribution in [1.29, 1.82) is 0 Å². The van der Waals surface area contributed by atoms with Crippen LogP contribution in [0.1, 0.15) is 56.5 Å². The number of aromatic nitrogens is 2. The molecule has 1 aromatic heterocycles. The average molecular weight is 411 g/mol. The second-order valence-corrected chi connectivity index (χ2v) is 8.73. The van der Waals surface area contributed by atoms with E-state index in [1.807, 2.05) is 36.7 Å². The predicted molar refractivity (Wildman–Crippen MR) is 119 cm³/mol. The van der Waals surface area contributed by atoms with E-state index in [1.54, 1.807) is 4.90 Å². The van der Waals surface area contributed by atoms with Gasteiger partial charge in [-0.05, 0) is 49.8 Å². The summed E-state index contributed by atoms with van der Waals surface area (Å²) < 4.78 is 1.98. The predicted octanol–water partition coefficient (Wildman–Crippen LogP) is 3.82. The molecule has 0 bridgehead atoms. The molecule has 0 saturated carbocycles. The molecule has 1 saturated heterocycles. The largest absolute Gasteiger partial charge is 0.355 e. The first-order valence-electron chi connectivity index (χ1n) is 11.0. The molecule has 2 aromatic rings. The van der Waals surface area contributed by atoms with Crippen LogP contribution in [0.25, 0.3) is 0 Å². The molecule has 1 N–H and O–H groups in total. The van der Waals surface area contributed by atoms with E-state index in [0.717, 1.165) is 30.0 Å². The first-order valence-corrected chi connectivity index (χ1v) is 11.0. The maximum Gasteiger partial charge on any atom is 0.227 e. The van der Waals surface area contributed by atoms with Crippen LogP contribution in [0.3, 0.4) is 0 Å². The zero-order valence-corrected chi connectivity index (χ0v) is 18.8. The van der Waals surface area contributed by atoms with Crippen molar-refractivity contribution in [1.82, 2.24) is 15.1 Å². The van der Waals surface area contributed by atoms with Gasteiger partial charge in [0.05, 0.1) is 11.6 Å². The van der Waals surface area contributed by atoms with Gasteiger partial charge in [-0.2, -0.15) is 5.10 Å². The first-order chi connectivity index (χ1) is 14.3. The third-order valence-electron chi connectivity index (χ3n) is 6.08. The zero-order chi connectivity index (χ0) is 21.8. The Kier molecular flexibility index (Phi) is 6.95. The van der Waals surface area contributed by atoms with Gasteiger partial charge < -0.3 is 10.2 Å². The minimum atomic E-state index is -0.302. The van der Waals surface area contributed by atoms with E-state index in [9.17, 15) is 9.59 Å². The lowest BCUT2D eigenvalue weighted by atomic mass is 9.96. The normalized spacial score (nSPS) is 18.5. The SMILES string of the molecule is CC[C@H](C)c1ccccc1N1C[C@@H](C(=O)NC[C@@H](C)Cn2nc(C)cc2C)CC1=O. The number of carbonyl (C=O) groups excluding carboxylic acids is 2. The molecule has 0 unspecified atom stereocenters. The molecule has 2 amide bonds. The number of para-hydroxylation sites is 1. The summed E-state index contributed by atoms with van der Waals surface area (Å²) in [6.07, 6.45) is 1.28. The van der Waals surface area contributed by atoms with Crippen molar-refractivity contribution < 1.29 is 9.59 Å². The molecule has 6 nitrogen and oxygen atoms in total. The van der Waals surface area contributed by atoms with E-state index >= 15 is 0 Å². The first kappa shape index (κ1) is 22.1. The van der Waals surface area contributed by atoms with Crippen LogP contribution >= 0.6 is 0 Å². The average Bonchev–Trinajstić information content (AvgIpc) is 3.26. The van der Waals surface area contributed by atoms with Gasteiger partial charge in [-0.15, -0.1) is 0 Å². The lowest BCUT2D eigenvalue weighted by molar-refractivity contribution is -0.126. The van der Waals surface area contributed by atoms with Crippen LogP contribution in [0, 0.1) is 25.7 Å². The standard InChI is InChI=1S/C24H34N4O2/c1-6-17(3)21-9-7-8-10-22(21)27-15-20(12-23(27)29)24(30)25-13-16(2)14-28-19(5)11-18(4)26-28/h7-11,16-17,20H,6,12-15H2,1-5H3,(H,25,30)/t16-,17+,20+/m1/s1. The zero-order valence-electron chi connectivity index (χ0n) is 18.8. The Labute approximate surface area is 179 Å². The number of benzene rings is 1. The Morgan fingerprint density at radius 2 is 2.00 bits per heavy atom. The van der Waals surface area contributed by atoms with E-state index in [2.05, 4.69) is 43.3 Å². The van der Waals surface area contributed by atoms with E-state index in [1.165, 1.54) is 5.56 Å². The van der Waals surface area contributed by atoms with Gasteiger partial charge in [0.1, 0.15) is 0 Å². The summed E-state index contributed by atoms with van der Waals surface area (Å²) in [5.74, 6) is 0.320. The maximum absolute atomic E-state index is 12.8. The van der Waals surface area contributed by atoms with Crippen LogP contribution in [0.15, 0.2) is 30.3 Å². The van der Waals surface area contributed by atoms with Crippen LogP contribution in [-0.2, 0) is 16.1 Å². The van der Waals surface area contributed by atoms with Crippen LogP contribution in [0.2, 0.25) is 0 Å². The Balaban J connectivity index is 1.58. The maximum atomic E-state index is 12.8. The molecule has 1 aliphatic rings. The number of amides is 2. The summed E-state index contributed by atoms with van der Waals surface area (Å²) in [4.78, 5) is 27.3. The number of hydrogen-bond donors (Lipinski definition) is 1. The highest BCUT2D eigenvalue weighted by Crippen LogP contribution is 2.33. The number of anilines is 1. The van der Waals surface area contributed by atoms with Crippen molar-refractivity contribution in [3.05, 3.63) is 47.3 Å². The smallest absolute Gasteiger partial charge is 0.227 e. The molecule has 30 heavy (non-hydrogen) atoms. The molecular formula is C24H34N4O2. The Hall–Kier alpha value is -2.63. The monoisotopic (exact) mass is 410 g/mol. The van der Waals surface area contributed by atoms with Crippen LogP contribution in [-0.4, -0.2) is 34.7 Å². The van der Waals surface area contributed by atoms with E-state index in [0.29, 0.717) is 19.0 Å². The van der Waals surface area contributed by atoms with Crippen molar-refractivity contribution in [2.24, 2.45) is 11.8 Å². The molecule has 1 aromatic carbocycles. The number of carbonyl (C=O) groups is 2. The lowest BCUT2D eigenvalue weighted by Gasteiger charge is -2.23. The Morgan fingerprint density at radius 1 is 1.27 bits per heavy atom. The lowest BCUT2D eigenvalue weighted by Crippen LogP contribution is -2.36. The number of rotatable bonds is 8. The molecule has 2 heterocycles. The highest BCUT2D eigenvalue weighted by molar-refractivity contribution is 6.00. The number of hydrogen-bond acceptors (Lipinski definition) is 3. The summed E-state index contributed by atoms with van der Waals surface area (Å²) >= 11 is 0. The second-order valence-electron chi connectivity index (χ2n) is 8.73. The number of nitrogens with zero attached hydrogens (tertiary/aromatic N) is 3. The van der Waals surface area contributed by atoms with Crippen molar-refractivity contribution in [2.75, 3.05) is 18.0 Å². The highest BCUT2D eigenvalue weighted by Gasteiger charge is 2.36. The van der Waals surface area contributed by atoms with Crippen LogP contribution < -0.4 is 10.2 Å². The molecule has 6 heteroatoms. The summed E-state index contributed by atoms with van der Waals surface area (Å²) in [7, 11) is 0. The van der Waals surface area contributed by atoms with E-state index in [4.69, 9.17) is 0 Å². The number of nitrogens with one attached hydrogen (secondary N) is 1. The minimum absolute atomic E-state index is 0.0293. The third kappa shape index (κ3) is 4.91. The van der Waals surface area contributed by atoms with Crippen molar-refractivity contribution in [2.45, 2.75) is 59.9 Å². The van der Waals surface area contributed by atoms with Gasteiger partial charge in [-0.25, -0.2) is 0 Å². The fourth-order valence-corrected chi connectivity index (χ4v) is 4.12. The van der Waals surface area contributed by atoms with Gasteiger partial charge in [0, 0.05) is 37.4 Å². The van der Waals surface area contributed by atoms with Gasteiger partial charge in [-0.1, -0.05) is 39.0 Å². The van der Waals surface area contributed by atoms with Crippen LogP contribution in [0.4, 0.5) is 5.69 Å². The van der Waals surface area contributed by atoms with Gasteiger partial charge >= 0.3 is 0 Å². The summed E-state index contributed by atoms with van der Waals surface area (Å²) in [6.45, 7) is 12.2. The molecule has 162 valence electrons. The molecular weight excluding hydrogens is 376 g/mol. The minimum Gasteiger partial charge on any atom is -0.355 e. The van der Waals surface area contributed by atoms with Crippen molar-refractivity contribution >= 4 is 17.5 Å². The molecule has 0 aliphatic carbocycles. The van der Waals surface area contributed by atoms with Crippen molar-refractivity contribution in [3.63, 3.8) is 0 Å². The summed E-state index contributed by atoms with van der Waals surface area (Å²) in [5, 5.41) is 7.54. The van der Waals surface area contributed by atoms with Crippen LogP contribution in [0.5, 0.6) is 0 Å². The molecule has 3 rings (SSSR count). The molecule has 0 radical (unpaired) electrons. The van der Waals surface area contributed by atoms with Gasteiger partial charge in [0.25, 0.3) is 0 Å². The van der Waals surface area contributed by atoms with Gasteiger partial charge in [0.15, 0.2) is 0 Å². The molecule has 3 atom stereocenters. The quantitative estimate of drug-likeness (QED) is 0.719. The number of aryl methyl sites for hydroxylation is 2. The fourth-order valence-electron chi connectivity index (χ4n) is 4.12. The Bertz CT molecular complexity index is 904. The van der Waals surface area contributed by atoms with E-state index in [-0.39, 0.29) is 30.1 Å². The Morgan fingerprint density at radius 3 is 2.67 bits per heavy atom.